The van der Waals surface area contributed by atoms with Crippen LogP contribution in [0.15, 0.2) is 35.6 Å². The normalized spacial score (nSPS) is 11.4. The van der Waals surface area contributed by atoms with E-state index in [-0.39, 0.29) is 28.1 Å². The summed E-state index contributed by atoms with van der Waals surface area (Å²) in [4.78, 5) is 3.81. The summed E-state index contributed by atoms with van der Waals surface area (Å²) in [5.74, 6) is -2.29. The molecule has 20 heavy (non-hydrogen) atoms. The van der Waals surface area contributed by atoms with Crippen molar-refractivity contribution < 1.29 is 18.7 Å². The Hall–Kier alpha value is -2.41. The first-order valence-electron chi connectivity index (χ1n) is 5.28. The molecule has 0 radical (unpaired) electrons. The zero-order chi connectivity index (χ0) is 14.7. The molecule has 0 bridgehead atoms. The van der Waals surface area contributed by atoms with Gasteiger partial charge in [-0.15, -0.1) is 0 Å². The average Bonchev–Trinajstić information content (AvgIpc) is 2.43. The van der Waals surface area contributed by atoms with Crippen LogP contribution in [0.2, 0.25) is 5.02 Å². The largest absolute Gasteiger partial charge is 0.434 e. The molecule has 0 unspecified atom stereocenters. The number of hydrogen-bond acceptors (Lipinski definition) is 4. The molecule has 2 aromatic rings. The minimum atomic E-state index is -0.905. The van der Waals surface area contributed by atoms with Gasteiger partial charge in [-0.05, 0) is 18.2 Å². The van der Waals surface area contributed by atoms with Crippen molar-refractivity contribution in [2.24, 2.45) is 10.9 Å². The van der Waals surface area contributed by atoms with Crippen LogP contribution >= 0.6 is 11.6 Å². The number of oxime groups is 1. The van der Waals surface area contributed by atoms with E-state index in [4.69, 9.17) is 27.3 Å². The first-order valence-corrected chi connectivity index (χ1v) is 5.66. The maximum atomic E-state index is 13.5. The van der Waals surface area contributed by atoms with Gasteiger partial charge in [-0.25, -0.2) is 13.8 Å². The lowest BCUT2D eigenvalue weighted by atomic mass is 10.2. The molecule has 8 heteroatoms. The van der Waals surface area contributed by atoms with Gasteiger partial charge in [-0.1, -0.05) is 16.8 Å². The number of nitrogens with two attached hydrogens (primary N) is 1. The second-order valence-electron chi connectivity index (χ2n) is 3.64. The molecule has 0 amide bonds. The minimum absolute atomic E-state index is 0.0634. The van der Waals surface area contributed by atoms with E-state index >= 15 is 0 Å². The lowest BCUT2D eigenvalue weighted by Crippen LogP contribution is -2.14. The fourth-order valence-electron chi connectivity index (χ4n) is 1.41. The lowest BCUT2D eigenvalue weighted by Gasteiger charge is -2.09. The summed E-state index contributed by atoms with van der Waals surface area (Å²) < 4.78 is 31.4. The highest BCUT2D eigenvalue weighted by atomic mass is 35.5. The van der Waals surface area contributed by atoms with Crippen LogP contribution in [0.3, 0.4) is 0 Å². The topological polar surface area (TPSA) is 80.7 Å². The summed E-state index contributed by atoms with van der Waals surface area (Å²) >= 11 is 5.96. The van der Waals surface area contributed by atoms with Crippen LogP contribution in [-0.4, -0.2) is 16.0 Å². The molecule has 1 aromatic heterocycles. The maximum absolute atomic E-state index is 13.5. The number of hydrogen-bond donors (Lipinski definition) is 2. The summed E-state index contributed by atoms with van der Waals surface area (Å²) in [7, 11) is 0. The van der Waals surface area contributed by atoms with Crippen LogP contribution in [0.4, 0.5) is 8.78 Å². The molecule has 0 aliphatic carbocycles. The fourth-order valence-corrected chi connectivity index (χ4v) is 1.66. The summed E-state index contributed by atoms with van der Waals surface area (Å²) in [6.07, 6.45) is 1.29. The molecule has 0 aliphatic rings. The van der Waals surface area contributed by atoms with E-state index in [0.717, 1.165) is 12.1 Å². The SMILES string of the molecule is N/C(=N/O)c1ccnc(Oc2ccc(F)cc2F)c1Cl. The molecular formula is C12H8ClF2N3O2. The van der Waals surface area contributed by atoms with E-state index in [0.29, 0.717) is 6.07 Å². The van der Waals surface area contributed by atoms with Crippen molar-refractivity contribution in [1.82, 2.24) is 4.98 Å². The Morgan fingerprint density at radius 2 is 2.10 bits per heavy atom. The van der Waals surface area contributed by atoms with Gasteiger partial charge in [0.2, 0.25) is 5.88 Å². The molecular weight excluding hydrogens is 292 g/mol. The van der Waals surface area contributed by atoms with Crippen molar-refractivity contribution in [2.45, 2.75) is 0 Å². The van der Waals surface area contributed by atoms with E-state index < -0.39 is 11.6 Å². The minimum Gasteiger partial charge on any atom is -0.434 e. The summed E-state index contributed by atoms with van der Waals surface area (Å²) in [5.41, 5.74) is 5.58. The van der Waals surface area contributed by atoms with E-state index in [1.807, 2.05) is 0 Å². The molecule has 104 valence electrons. The van der Waals surface area contributed by atoms with Crippen LogP contribution in [0.25, 0.3) is 0 Å². The van der Waals surface area contributed by atoms with Crippen molar-refractivity contribution in [1.29, 1.82) is 0 Å². The highest BCUT2D eigenvalue weighted by Crippen LogP contribution is 2.31. The van der Waals surface area contributed by atoms with Crippen LogP contribution in [0.5, 0.6) is 11.6 Å². The molecule has 0 spiro atoms. The van der Waals surface area contributed by atoms with Crippen molar-refractivity contribution >= 4 is 17.4 Å². The van der Waals surface area contributed by atoms with Gasteiger partial charge in [0.05, 0.1) is 0 Å². The fraction of sp³-hybridized carbons (Fsp3) is 0. The van der Waals surface area contributed by atoms with Crippen molar-refractivity contribution in [3.63, 3.8) is 0 Å². The van der Waals surface area contributed by atoms with Gasteiger partial charge >= 0.3 is 0 Å². The van der Waals surface area contributed by atoms with E-state index in [9.17, 15) is 8.78 Å². The first kappa shape index (κ1) is 14.0. The Morgan fingerprint density at radius 1 is 1.35 bits per heavy atom. The van der Waals surface area contributed by atoms with Gasteiger partial charge < -0.3 is 15.7 Å². The average molecular weight is 300 g/mol. The monoisotopic (exact) mass is 299 g/mol. The second-order valence-corrected chi connectivity index (χ2v) is 4.02. The summed E-state index contributed by atoms with van der Waals surface area (Å²) in [5, 5.41) is 11.3. The number of benzene rings is 1. The van der Waals surface area contributed by atoms with Gasteiger partial charge in [-0.3, -0.25) is 0 Å². The van der Waals surface area contributed by atoms with Gasteiger partial charge in [0.25, 0.3) is 0 Å². The molecule has 0 aliphatic heterocycles. The maximum Gasteiger partial charge on any atom is 0.239 e. The number of amidine groups is 1. The molecule has 0 fully saturated rings. The number of pyridine rings is 1. The number of ether oxygens (including phenoxy) is 1. The van der Waals surface area contributed by atoms with Crippen molar-refractivity contribution in [3.8, 4) is 11.6 Å². The van der Waals surface area contributed by atoms with Crippen LogP contribution in [0.1, 0.15) is 5.56 Å². The Labute approximate surface area is 117 Å². The molecule has 1 heterocycles. The smallest absolute Gasteiger partial charge is 0.239 e. The molecule has 5 nitrogen and oxygen atoms in total. The third kappa shape index (κ3) is 2.77. The predicted molar refractivity (Wildman–Crippen MR) is 68.2 cm³/mol. The second kappa shape index (κ2) is 5.70. The Kier molecular flexibility index (Phi) is 3.99. The molecule has 0 saturated carbocycles. The summed E-state index contributed by atoms with van der Waals surface area (Å²) in [6, 6.07) is 4.18. The van der Waals surface area contributed by atoms with Gasteiger partial charge in [-0.2, -0.15) is 0 Å². The predicted octanol–water partition coefficient (Wildman–Crippen LogP) is 2.90. The number of aromatic nitrogens is 1. The quantitative estimate of drug-likeness (QED) is 0.395. The Morgan fingerprint density at radius 3 is 2.75 bits per heavy atom. The third-order valence-corrected chi connectivity index (χ3v) is 2.71. The zero-order valence-corrected chi connectivity index (χ0v) is 10.6. The Balaban J connectivity index is 2.39. The van der Waals surface area contributed by atoms with Crippen LogP contribution in [0, 0.1) is 11.6 Å². The zero-order valence-electron chi connectivity index (χ0n) is 9.85. The first-order chi connectivity index (χ1) is 9.52. The molecule has 2 rings (SSSR count). The number of halogens is 3. The molecule has 3 N–H and O–H groups in total. The van der Waals surface area contributed by atoms with Crippen molar-refractivity contribution in [2.75, 3.05) is 0 Å². The lowest BCUT2D eigenvalue weighted by molar-refractivity contribution is 0.318. The van der Waals surface area contributed by atoms with Gasteiger partial charge in [0.1, 0.15) is 10.8 Å². The van der Waals surface area contributed by atoms with E-state index in [1.165, 1.54) is 12.3 Å². The van der Waals surface area contributed by atoms with Crippen LogP contribution in [-0.2, 0) is 0 Å². The molecule has 0 atom stereocenters. The number of nitrogens with zero attached hydrogens (tertiary/aromatic N) is 2. The van der Waals surface area contributed by atoms with Crippen LogP contribution < -0.4 is 10.5 Å². The summed E-state index contributed by atoms with van der Waals surface area (Å²) in [6.45, 7) is 0. The van der Waals surface area contributed by atoms with E-state index in [1.54, 1.807) is 0 Å². The Bertz CT molecular complexity index is 680. The van der Waals surface area contributed by atoms with Crippen molar-refractivity contribution in [3.05, 3.63) is 52.7 Å². The van der Waals surface area contributed by atoms with E-state index in [2.05, 4.69) is 10.1 Å². The van der Waals surface area contributed by atoms with Gasteiger partial charge in [0.15, 0.2) is 17.4 Å². The van der Waals surface area contributed by atoms with Gasteiger partial charge in [0, 0.05) is 17.8 Å². The number of rotatable bonds is 3. The standard InChI is InChI=1S/C12H8ClF2N3O2/c13-10-7(11(16)18-19)3-4-17-12(10)20-9-2-1-6(14)5-8(9)15/h1-5,19H,(H2,16,18). The third-order valence-electron chi connectivity index (χ3n) is 2.34. The highest BCUT2D eigenvalue weighted by molar-refractivity contribution is 6.35. The highest BCUT2D eigenvalue weighted by Gasteiger charge is 2.15. The molecule has 1 aromatic carbocycles. The molecule has 0 saturated heterocycles.